The summed E-state index contributed by atoms with van der Waals surface area (Å²) < 4.78 is 5.04. The zero-order valence-electron chi connectivity index (χ0n) is 12.1. The van der Waals surface area contributed by atoms with Crippen LogP contribution < -0.4 is 5.32 Å². The third kappa shape index (κ3) is 4.23. The zero-order valence-corrected chi connectivity index (χ0v) is 12.1. The van der Waals surface area contributed by atoms with E-state index in [1.54, 1.807) is 7.11 Å². The van der Waals surface area contributed by atoms with E-state index < -0.39 is 0 Å². The summed E-state index contributed by atoms with van der Waals surface area (Å²) in [7, 11) is 3.76. The minimum absolute atomic E-state index is 0.0225. The molecule has 106 valence electrons. The Morgan fingerprint density at radius 1 is 1.44 bits per heavy atom. The van der Waals surface area contributed by atoms with Crippen molar-refractivity contribution in [3.05, 3.63) is 0 Å². The lowest BCUT2D eigenvalue weighted by Crippen LogP contribution is -2.40. The first kappa shape index (κ1) is 15.4. The van der Waals surface area contributed by atoms with Crippen LogP contribution in [0.1, 0.15) is 26.7 Å². The van der Waals surface area contributed by atoms with Crippen LogP contribution in [0.5, 0.6) is 0 Å². The van der Waals surface area contributed by atoms with Crippen LogP contribution in [0.25, 0.3) is 0 Å². The lowest BCUT2D eigenvalue weighted by atomic mass is 10.2. The molecule has 0 bridgehead atoms. The minimum atomic E-state index is 0.0225. The fraction of sp³-hybridized carbons (Fsp3) is 0.923. The molecule has 0 aromatic carbocycles. The minimum Gasteiger partial charge on any atom is -0.383 e. The highest BCUT2D eigenvalue weighted by Crippen LogP contribution is 2.13. The van der Waals surface area contributed by atoms with Crippen molar-refractivity contribution in [3.8, 4) is 0 Å². The van der Waals surface area contributed by atoms with Crippen LogP contribution in [0, 0.1) is 0 Å². The van der Waals surface area contributed by atoms with Crippen molar-refractivity contribution in [2.24, 2.45) is 0 Å². The number of hydrogen-bond donors (Lipinski definition) is 1. The molecule has 0 aliphatic carbocycles. The first-order valence-corrected chi connectivity index (χ1v) is 6.84. The third-order valence-electron chi connectivity index (χ3n) is 3.47. The number of hydrogen-bond acceptors (Lipinski definition) is 4. The molecular weight excluding hydrogens is 230 g/mol. The van der Waals surface area contributed by atoms with Crippen LogP contribution in [0.4, 0.5) is 0 Å². The van der Waals surface area contributed by atoms with E-state index in [1.165, 1.54) is 0 Å². The van der Waals surface area contributed by atoms with Crippen molar-refractivity contribution in [2.75, 3.05) is 40.4 Å². The number of amides is 1. The van der Waals surface area contributed by atoms with Crippen molar-refractivity contribution >= 4 is 5.91 Å². The van der Waals surface area contributed by atoms with Crippen molar-refractivity contribution in [1.82, 2.24) is 15.1 Å². The van der Waals surface area contributed by atoms with Crippen molar-refractivity contribution in [2.45, 2.75) is 38.9 Å². The highest BCUT2D eigenvalue weighted by molar-refractivity contribution is 5.84. The van der Waals surface area contributed by atoms with Gasteiger partial charge in [0.05, 0.1) is 18.8 Å². The Kier molecular flexibility index (Phi) is 6.60. The maximum Gasteiger partial charge on any atom is 0.241 e. The standard InChI is InChI=1S/C13H27N3O2/c1-5-6-12-13(17)16(11(2)14-12)8-7-15(3)9-10-18-4/h11-12,14H,5-10H2,1-4H3. The molecule has 0 radical (unpaired) electrons. The zero-order chi connectivity index (χ0) is 13.5. The number of nitrogens with zero attached hydrogens (tertiary/aromatic N) is 2. The Balaban J connectivity index is 2.35. The molecule has 2 atom stereocenters. The van der Waals surface area contributed by atoms with Gasteiger partial charge in [-0.05, 0) is 20.4 Å². The molecule has 1 rings (SSSR count). The molecule has 5 heteroatoms. The fourth-order valence-electron chi connectivity index (χ4n) is 2.28. The predicted molar refractivity (Wildman–Crippen MR) is 72.4 cm³/mol. The lowest BCUT2D eigenvalue weighted by molar-refractivity contribution is -0.130. The van der Waals surface area contributed by atoms with Gasteiger partial charge in [-0.2, -0.15) is 0 Å². The molecule has 18 heavy (non-hydrogen) atoms. The Labute approximate surface area is 110 Å². The van der Waals surface area contributed by atoms with Crippen molar-refractivity contribution in [1.29, 1.82) is 0 Å². The van der Waals surface area contributed by atoms with Gasteiger partial charge in [-0.3, -0.25) is 10.1 Å². The van der Waals surface area contributed by atoms with Gasteiger partial charge in [0.2, 0.25) is 5.91 Å². The second kappa shape index (κ2) is 7.71. The van der Waals surface area contributed by atoms with Gasteiger partial charge in [0.15, 0.2) is 0 Å². The van der Waals surface area contributed by atoms with Gasteiger partial charge < -0.3 is 14.5 Å². The number of methoxy groups -OCH3 is 1. The summed E-state index contributed by atoms with van der Waals surface area (Å²) in [4.78, 5) is 16.3. The third-order valence-corrected chi connectivity index (χ3v) is 3.47. The Morgan fingerprint density at radius 3 is 2.78 bits per heavy atom. The van der Waals surface area contributed by atoms with E-state index in [2.05, 4.69) is 31.1 Å². The maximum absolute atomic E-state index is 12.2. The van der Waals surface area contributed by atoms with Crippen LogP contribution in [0.2, 0.25) is 0 Å². The molecule has 0 aromatic rings. The number of likely N-dealkylation sites (N-methyl/N-ethyl adjacent to an activating group) is 1. The topological polar surface area (TPSA) is 44.8 Å². The largest absolute Gasteiger partial charge is 0.383 e. The van der Waals surface area contributed by atoms with Gasteiger partial charge >= 0.3 is 0 Å². The van der Waals surface area contributed by atoms with E-state index in [1.807, 2.05) is 4.90 Å². The summed E-state index contributed by atoms with van der Waals surface area (Å²) in [5.41, 5.74) is 0. The fourth-order valence-corrected chi connectivity index (χ4v) is 2.28. The molecule has 1 heterocycles. The van der Waals surface area contributed by atoms with E-state index in [4.69, 9.17) is 4.74 Å². The van der Waals surface area contributed by atoms with Gasteiger partial charge in [-0.1, -0.05) is 13.3 Å². The summed E-state index contributed by atoms with van der Waals surface area (Å²) in [6.07, 6.45) is 2.13. The SMILES string of the molecule is CCCC1NC(C)N(CCN(C)CCOC)C1=O. The molecule has 1 fully saturated rings. The molecule has 2 unspecified atom stereocenters. The van der Waals surface area contributed by atoms with E-state index >= 15 is 0 Å². The quantitative estimate of drug-likeness (QED) is 0.688. The van der Waals surface area contributed by atoms with Crippen LogP contribution in [-0.2, 0) is 9.53 Å². The highest BCUT2D eigenvalue weighted by atomic mass is 16.5. The van der Waals surface area contributed by atoms with Gasteiger partial charge in [0, 0.05) is 26.7 Å². The average Bonchev–Trinajstić information content (AvgIpc) is 2.60. The number of carbonyl (C=O) groups excluding carboxylic acids is 1. The molecule has 0 saturated carbocycles. The molecule has 0 spiro atoms. The normalized spacial score (nSPS) is 24.3. The van der Waals surface area contributed by atoms with Crippen LogP contribution in [0.3, 0.4) is 0 Å². The summed E-state index contributed by atoms with van der Waals surface area (Å²) in [6.45, 7) is 7.48. The molecular formula is C13H27N3O2. The van der Waals surface area contributed by atoms with E-state index in [0.29, 0.717) is 0 Å². The van der Waals surface area contributed by atoms with Gasteiger partial charge in [-0.15, -0.1) is 0 Å². The molecule has 1 amide bonds. The predicted octanol–water partition coefficient (Wildman–Crippen LogP) is 0.511. The van der Waals surface area contributed by atoms with E-state index in [0.717, 1.165) is 39.1 Å². The van der Waals surface area contributed by atoms with Crippen molar-refractivity contribution in [3.63, 3.8) is 0 Å². The highest BCUT2D eigenvalue weighted by Gasteiger charge is 2.35. The lowest BCUT2D eigenvalue weighted by Gasteiger charge is -2.24. The molecule has 1 N–H and O–H groups in total. The average molecular weight is 257 g/mol. The number of ether oxygens (including phenoxy) is 1. The van der Waals surface area contributed by atoms with Crippen LogP contribution >= 0.6 is 0 Å². The summed E-state index contributed by atoms with van der Waals surface area (Å²) in [5.74, 6) is 0.254. The Bertz CT molecular complexity index is 261. The van der Waals surface area contributed by atoms with Crippen molar-refractivity contribution < 1.29 is 9.53 Å². The first-order valence-electron chi connectivity index (χ1n) is 6.84. The smallest absolute Gasteiger partial charge is 0.241 e. The molecule has 1 aliphatic heterocycles. The monoisotopic (exact) mass is 257 g/mol. The molecule has 5 nitrogen and oxygen atoms in total. The van der Waals surface area contributed by atoms with Gasteiger partial charge in [0.25, 0.3) is 0 Å². The summed E-state index contributed by atoms with van der Waals surface area (Å²) >= 11 is 0. The molecule has 1 saturated heterocycles. The van der Waals surface area contributed by atoms with Crippen LogP contribution in [0.15, 0.2) is 0 Å². The van der Waals surface area contributed by atoms with Gasteiger partial charge in [0.1, 0.15) is 0 Å². The molecule has 0 aromatic heterocycles. The van der Waals surface area contributed by atoms with E-state index in [9.17, 15) is 4.79 Å². The number of nitrogens with one attached hydrogen (secondary N) is 1. The number of carbonyl (C=O) groups is 1. The second-order valence-electron chi connectivity index (χ2n) is 5.01. The van der Waals surface area contributed by atoms with E-state index in [-0.39, 0.29) is 18.1 Å². The number of rotatable bonds is 8. The first-order chi connectivity index (χ1) is 8.60. The van der Waals surface area contributed by atoms with Gasteiger partial charge in [-0.25, -0.2) is 0 Å². The van der Waals surface area contributed by atoms with Crippen LogP contribution in [-0.4, -0.2) is 68.3 Å². The second-order valence-corrected chi connectivity index (χ2v) is 5.01. The maximum atomic E-state index is 12.2. The summed E-state index contributed by atoms with van der Waals surface area (Å²) in [6, 6.07) is 0.0225. The summed E-state index contributed by atoms with van der Waals surface area (Å²) in [5, 5.41) is 3.35. The molecule has 1 aliphatic rings. The Morgan fingerprint density at radius 2 is 2.17 bits per heavy atom. The Hall–Kier alpha value is -0.650.